The Hall–Kier alpha value is -2.18. The number of hydrogen-bond donors (Lipinski definition) is 2. The molecular weight excluding hydrogens is 336 g/mol. The second-order valence-corrected chi connectivity index (χ2v) is 6.90. The smallest absolute Gasteiger partial charge is 0.177 e. The SMILES string of the molecule is NCC1CCCN(c2cnc3c(-c4ccccc4Cl)n[nH]c3n2)CC1. The van der Waals surface area contributed by atoms with Gasteiger partial charge in [0.1, 0.15) is 17.0 Å². The Morgan fingerprint density at radius 2 is 2.12 bits per heavy atom. The van der Waals surface area contributed by atoms with E-state index in [0.717, 1.165) is 55.1 Å². The number of H-pyrrole nitrogens is 1. The van der Waals surface area contributed by atoms with Crippen molar-refractivity contribution in [1.82, 2.24) is 20.2 Å². The minimum atomic E-state index is 0.612. The minimum absolute atomic E-state index is 0.612. The largest absolute Gasteiger partial charge is 0.355 e. The van der Waals surface area contributed by atoms with E-state index in [1.165, 1.54) is 6.42 Å². The van der Waals surface area contributed by atoms with Crippen molar-refractivity contribution in [3.05, 3.63) is 35.5 Å². The number of benzene rings is 1. The number of aromatic nitrogens is 4. The van der Waals surface area contributed by atoms with Crippen LogP contribution in [0.4, 0.5) is 5.82 Å². The first-order valence-corrected chi connectivity index (χ1v) is 9.05. The Kier molecular flexibility index (Phi) is 4.55. The average Bonchev–Trinajstić information content (AvgIpc) is 2.90. The number of halogens is 1. The van der Waals surface area contributed by atoms with Gasteiger partial charge in [-0.15, -0.1) is 0 Å². The number of nitrogens with zero attached hydrogens (tertiary/aromatic N) is 4. The quantitative estimate of drug-likeness (QED) is 0.752. The van der Waals surface area contributed by atoms with Crippen LogP contribution in [0, 0.1) is 5.92 Å². The Morgan fingerprint density at radius 1 is 1.24 bits per heavy atom. The molecule has 3 aromatic rings. The summed E-state index contributed by atoms with van der Waals surface area (Å²) in [6, 6.07) is 7.63. The molecule has 1 saturated heterocycles. The lowest BCUT2D eigenvalue weighted by molar-refractivity contribution is 0.485. The van der Waals surface area contributed by atoms with Crippen LogP contribution < -0.4 is 10.6 Å². The van der Waals surface area contributed by atoms with Crippen LogP contribution in [-0.4, -0.2) is 39.8 Å². The minimum Gasteiger partial charge on any atom is -0.355 e. The fraction of sp³-hybridized carbons (Fsp3) is 0.389. The third-order valence-electron chi connectivity index (χ3n) is 4.89. The van der Waals surface area contributed by atoms with Gasteiger partial charge < -0.3 is 10.6 Å². The first-order valence-electron chi connectivity index (χ1n) is 8.67. The van der Waals surface area contributed by atoms with Crippen LogP contribution >= 0.6 is 11.6 Å². The molecule has 0 saturated carbocycles. The molecule has 1 fully saturated rings. The van der Waals surface area contributed by atoms with Crippen molar-refractivity contribution >= 4 is 28.6 Å². The lowest BCUT2D eigenvalue weighted by Gasteiger charge is -2.21. The summed E-state index contributed by atoms with van der Waals surface area (Å²) in [6.07, 6.45) is 5.25. The third kappa shape index (κ3) is 3.19. The summed E-state index contributed by atoms with van der Waals surface area (Å²) in [5.74, 6) is 1.50. The van der Waals surface area contributed by atoms with Crippen LogP contribution in [0.5, 0.6) is 0 Å². The van der Waals surface area contributed by atoms with E-state index < -0.39 is 0 Å². The van der Waals surface area contributed by atoms with Gasteiger partial charge in [0.15, 0.2) is 5.65 Å². The van der Waals surface area contributed by atoms with Gasteiger partial charge in [-0.3, -0.25) is 5.10 Å². The molecule has 0 aliphatic carbocycles. The second-order valence-electron chi connectivity index (χ2n) is 6.50. The summed E-state index contributed by atoms with van der Waals surface area (Å²) in [4.78, 5) is 11.7. The molecule has 2 aromatic heterocycles. The van der Waals surface area contributed by atoms with Gasteiger partial charge in [-0.1, -0.05) is 29.8 Å². The Labute approximate surface area is 151 Å². The van der Waals surface area contributed by atoms with E-state index in [4.69, 9.17) is 22.3 Å². The first kappa shape index (κ1) is 16.3. The van der Waals surface area contributed by atoms with Gasteiger partial charge in [-0.2, -0.15) is 5.10 Å². The number of nitrogens with one attached hydrogen (secondary N) is 1. The van der Waals surface area contributed by atoms with Gasteiger partial charge >= 0.3 is 0 Å². The zero-order chi connectivity index (χ0) is 17.2. The number of hydrogen-bond acceptors (Lipinski definition) is 5. The molecule has 0 amide bonds. The number of nitrogens with two attached hydrogens (primary N) is 1. The lowest BCUT2D eigenvalue weighted by Crippen LogP contribution is -2.26. The lowest BCUT2D eigenvalue weighted by atomic mass is 10.0. The summed E-state index contributed by atoms with van der Waals surface area (Å²) in [5.41, 5.74) is 8.85. The molecule has 25 heavy (non-hydrogen) atoms. The van der Waals surface area contributed by atoms with Crippen molar-refractivity contribution in [2.24, 2.45) is 11.7 Å². The van der Waals surface area contributed by atoms with Crippen molar-refractivity contribution in [1.29, 1.82) is 0 Å². The first-order chi connectivity index (χ1) is 12.3. The van der Waals surface area contributed by atoms with E-state index in [2.05, 4.69) is 20.1 Å². The molecule has 7 heteroatoms. The third-order valence-corrected chi connectivity index (χ3v) is 5.22. The Bertz CT molecular complexity index is 877. The van der Waals surface area contributed by atoms with Crippen molar-refractivity contribution in [3.63, 3.8) is 0 Å². The Balaban J connectivity index is 1.65. The van der Waals surface area contributed by atoms with Crippen LogP contribution in [0.2, 0.25) is 5.02 Å². The molecule has 0 bridgehead atoms. The van der Waals surface area contributed by atoms with Crippen LogP contribution in [0.15, 0.2) is 30.5 Å². The molecule has 3 heterocycles. The van der Waals surface area contributed by atoms with Gasteiger partial charge in [0.2, 0.25) is 0 Å². The van der Waals surface area contributed by atoms with Gasteiger partial charge in [0.25, 0.3) is 0 Å². The summed E-state index contributed by atoms with van der Waals surface area (Å²) in [7, 11) is 0. The summed E-state index contributed by atoms with van der Waals surface area (Å²) in [6.45, 7) is 2.72. The fourth-order valence-corrected chi connectivity index (χ4v) is 3.64. The van der Waals surface area contributed by atoms with Crippen molar-refractivity contribution < 1.29 is 0 Å². The molecular formula is C18H21ClN6. The molecule has 3 N–H and O–H groups in total. The van der Waals surface area contributed by atoms with Gasteiger partial charge in [0, 0.05) is 18.7 Å². The molecule has 1 aliphatic rings. The van der Waals surface area contributed by atoms with E-state index in [-0.39, 0.29) is 0 Å². The van der Waals surface area contributed by atoms with Crippen molar-refractivity contribution in [2.75, 3.05) is 24.5 Å². The van der Waals surface area contributed by atoms with Crippen LogP contribution in [-0.2, 0) is 0 Å². The van der Waals surface area contributed by atoms with Gasteiger partial charge in [-0.25, -0.2) is 9.97 Å². The molecule has 130 valence electrons. The molecule has 4 rings (SSSR count). The second kappa shape index (κ2) is 6.98. The summed E-state index contributed by atoms with van der Waals surface area (Å²) in [5, 5.41) is 8.04. The number of rotatable bonds is 3. The van der Waals surface area contributed by atoms with E-state index in [1.54, 1.807) is 0 Å². The van der Waals surface area contributed by atoms with Gasteiger partial charge in [0.05, 0.1) is 11.2 Å². The summed E-state index contributed by atoms with van der Waals surface area (Å²) < 4.78 is 0. The maximum absolute atomic E-state index is 6.29. The molecule has 1 atom stereocenters. The van der Waals surface area contributed by atoms with Crippen LogP contribution in [0.25, 0.3) is 22.4 Å². The molecule has 1 aromatic carbocycles. The normalized spacial score (nSPS) is 18.5. The highest BCUT2D eigenvalue weighted by Gasteiger charge is 2.19. The fourth-order valence-electron chi connectivity index (χ4n) is 3.42. The van der Waals surface area contributed by atoms with E-state index in [0.29, 0.717) is 16.6 Å². The van der Waals surface area contributed by atoms with E-state index in [9.17, 15) is 0 Å². The Morgan fingerprint density at radius 3 is 2.96 bits per heavy atom. The molecule has 1 aliphatic heterocycles. The predicted octanol–water partition coefficient (Wildman–Crippen LogP) is 3.24. The maximum Gasteiger partial charge on any atom is 0.177 e. The topological polar surface area (TPSA) is 83.7 Å². The van der Waals surface area contributed by atoms with Crippen LogP contribution in [0.3, 0.4) is 0 Å². The standard InChI is InChI=1S/C18H21ClN6/c19-14-6-2-1-5-13(14)16-17-18(24-23-16)22-15(11-21-17)25-8-3-4-12(10-20)7-9-25/h1-2,5-6,11-12H,3-4,7-10,20H2,(H,22,23,24). The van der Waals surface area contributed by atoms with Crippen molar-refractivity contribution in [3.8, 4) is 11.3 Å². The molecule has 6 nitrogen and oxygen atoms in total. The zero-order valence-electron chi connectivity index (χ0n) is 14.0. The molecule has 0 spiro atoms. The maximum atomic E-state index is 6.29. The van der Waals surface area contributed by atoms with Crippen LogP contribution in [0.1, 0.15) is 19.3 Å². The van der Waals surface area contributed by atoms with E-state index in [1.807, 2.05) is 30.5 Å². The molecule has 1 unspecified atom stereocenters. The summed E-state index contributed by atoms with van der Waals surface area (Å²) >= 11 is 6.29. The monoisotopic (exact) mass is 356 g/mol. The van der Waals surface area contributed by atoms with E-state index >= 15 is 0 Å². The average molecular weight is 357 g/mol. The highest BCUT2D eigenvalue weighted by Crippen LogP contribution is 2.31. The molecule has 0 radical (unpaired) electrons. The van der Waals surface area contributed by atoms with Crippen molar-refractivity contribution in [2.45, 2.75) is 19.3 Å². The highest BCUT2D eigenvalue weighted by atomic mass is 35.5. The predicted molar refractivity (Wildman–Crippen MR) is 101 cm³/mol. The zero-order valence-corrected chi connectivity index (χ0v) is 14.7. The number of aromatic amines is 1. The number of anilines is 1. The highest BCUT2D eigenvalue weighted by molar-refractivity contribution is 6.33. The number of fused-ring (bicyclic) bond motifs is 1. The van der Waals surface area contributed by atoms with Gasteiger partial charge in [-0.05, 0) is 37.8 Å².